The maximum atomic E-state index is 11.0. The fourth-order valence-electron chi connectivity index (χ4n) is 1.96. The molecule has 104 valence electrons. The highest BCUT2D eigenvalue weighted by Gasteiger charge is 2.09. The largest absolute Gasteiger partial charge is 0.507 e. The number of fused-ring (bicyclic) bond motifs is 1. The van der Waals surface area contributed by atoms with Gasteiger partial charge >= 0.3 is 5.97 Å². The molecule has 0 atom stereocenters. The minimum atomic E-state index is -1.15. The topological polar surface area (TPSA) is 70.4 Å². The molecular formula is C16H11NO3S. The first-order valence-corrected chi connectivity index (χ1v) is 7.05. The van der Waals surface area contributed by atoms with E-state index in [9.17, 15) is 9.90 Å². The van der Waals surface area contributed by atoms with Crippen LogP contribution in [0.2, 0.25) is 0 Å². The van der Waals surface area contributed by atoms with Crippen LogP contribution in [0.4, 0.5) is 0 Å². The number of carboxylic acid groups (broad SMARTS) is 1. The van der Waals surface area contributed by atoms with Gasteiger partial charge in [0.05, 0.1) is 10.2 Å². The maximum absolute atomic E-state index is 11.0. The number of aromatic nitrogens is 1. The highest BCUT2D eigenvalue weighted by Crippen LogP contribution is 2.24. The first-order valence-electron chi connectivity index (χ1n) is 6.23. The molecule has 5 heteroatoms. The van der Waals surface area contributed by atoms with Crippen molar-refractivity contribution in [2.45, 2.75) is 0 Å². The Hall–Kier alpha value is -2.66. The molecule has 1 heterocycles. The van der Waals surface area contributed by atoms with Crippen LogP contribution in [-0.2, 0) is 0 Å². The predicted octanol–water partition coefficient (Wildman–Crippen LogP) is 3.87. The average Bonchev–Trinajstić information content (AvgIpc) is 2.89. The molecule has 3 aromatic rings. The Morgan fingerprint density at radius 1 is 1.14 bits per heavy atom. The van der Waals surface area contributed by atoms with E-state index in [1.165, 1.54) is 12.1 Å². The smallest absolute Gasteiger partial charge is 0.339 e. The fourth-order valence-corrected chi connectivity index (χ4v) is 2.83. The first-order chi connectivity index (χ1) is 10.1. The lowest BCUT2D eigenvalue weighted by molar-refractivity contribution is 0.0693. The van der Waals surface area contributed by atoms with Gasteiger partial charge in [-0.1, -0.05) is 24.3 Å². The Bertz CT molecular complexity index is 819. The Morgan fingerprint density at radius 2 is 1.95 bits per heavy atom. The Balaban J connectivity index is 1.92. The summed E-state index contributed by atoms with van der Waals surface area (Å²) in [7, 11) is 0. The summed E-state index contributed by atoms with van der Waals surface area (Å²) < 4.78 is 1.11. The van der Waals surface area contributed by atoms with Gasteiger partial charge in [-0.2, -0.15) is 0 Å². The lowest BCUT2D eigenvalue weighted by atomic mass is 10.1. The number of rotatable bonds is 3. The van der Waals surface area contributed by atoms with Crippen molar-refractivity contribution in [3.8, 4) is 5.75 Å². The number of carboxylic acids is 1. The Morgan fingerprint density at radius 3 is 2.71 bits per heavy atom. The van der Waals surface area contributed by atoms with E-state index in [4.69, 9.17) is 5.11 Å². The second-order valence-corrected chi connectivity index (χ2v) is 5.50. The second-order valence-electron chi connectivity index (χ2n) is 4.43. The number of phenols is 1. The van der Waals surface area contributed by atoms with E-state index in [1.54, 1.807) is 23.5 Å². The maximum Gasteiger partial charge on any atom is 0.339 e. The van der Waals surface area contributed by atoms with Gasteiger partial charge in [-0.3, -0.25) is 0 Å². The summed E-state index contributed by atoms with van der Waals surface area (Å²) in [6.45, 7) is 0. The predicted molar refractivity (Wildman–Crippen MR) is 83.6 cm³/mol. The molecule has 0 unspecified atom stereocenters. The quantitative estimate of drug-likeness (QED) is 0.770. The molecule has 0 saturated carbocycles. The first kappa shape index (κ1) is 13.3. The highest BCUT2D eigenvalue weighted by molar-refractivity contribution is 7.19. The van der Waals surface area contributed by atoms with Gasteiger partial charge in [0, 0.05) is 0 Å². The van der Waals surface area contributed by atoms with Crippen LogP contribution in [0.1, 0.15) is 20.9 Å². The van der Waals surface area contributed by atoms with Gasteiger partial charge in [0.15, 0.2) is 0 Å². The van der Waals surface area contributed by atoms with Crippen LogP contribution < -0.4 is 0 Å². The second kappa shape index (κ2) is 5.38. The van der Waals surface area contributed by atoms with Crippen LogP contribution in [0.3, 0.4) is 0 Å². The third-order valence-electron chi connectivity index (χ3n) is 2.98. The van der Waals surface area contributed by atoms with Crippen LogP contribution in [0.5, 0.6) is 5.75 Å². The summed E-state index contributed by atoms with van der Waals surface area (Å²) >= 11 is 1.57. The molecule has 0 aliphatic carbocycles. The lowest BCUT2D eigenvalue weighted by Gasteiger charge is -2.00. The van der Waals surface area contributed by atoms with E-state index < -0.39 is 5.97 Å². The summed E-state index contributed by atoms with van der Waals surface area (Å²) in [5.41, 5.74) is 1.53. The average molecular weight is 297 g/mol. The molecule has 0 bridgehead atoms. The lowest BCUT2D eigenvalue weighted by Crippen LogP contribution is -1.96. The van der Waals surface area contributed by atoms with Crippen molar-refractivity contribution < 1.29 is 15.0 Å². The van der Waals surface area contributed by atoms with Crippen LogP contribution in [0.25, 0.3) is 22.4 Å². The SMILES string of the molecule is O=C(O)c1cc(C=Cc2nc3ccccc3s2)ccc1O. The number of hydrogen-bond acceptors (Lipinski definition) is 4. The molecule has 2 N–H and O–H groups in total. The van der Waals surface area contributed by atoms with Gasteiger partial charge in [-0.15, -0.1) is 11.3 Å². The van der Waals surface area contributed by atoms with E-state index in [0.717, 1.165) is 15.2 Å². The summed E-state index contributed by atoms with van der Waals surface area (Å²) in [4.78, 5) is 15.4. The zero-order chi connectivity index (χ0) is 14.8. The number of carbonyl (C=O) groups is 1. The van der Waals surface area contributed by atoms with Crippen molar-refractivity contribution in [3.63, 3.8) is 0 Å². The molecule has 0 spiro atoms. The van der Waals surface area contributed by atoms with Crippen molar-refractivity contribution in [3.05, 3.63) is 58.6 Å². The molecule has 0 radical (unpaired) electrons. The molecule has 0 aliphatic heterocycles. The summed E-state index contributed by atoms with van der Waals surface area (Å²) in [6, 6.07) is 12.3. The molecule has 0 aliphatic rings. The van der Waals surface area contributed by atoms with E-state index in [-0.39, 0.29) is 11.3 Å². The third-order valence-corrected chi connectivity index (χ3v) is 3.98. The molecule has 4 nitrogen and oxygen atoms in total. The molecule has 2 aromatic carbocycles. The van der Waals surface area contributed by atoms with Crippen LogP contribution in [0, 0.1) is 0 Å². The highest BCUT2D eigenvalue weighted by atomic mass is 32.1. The van der Waals surface area contributed by atoms with E-state index >= 15 is 0 Å². The number of hydrogen-bond donors (Lipinski definition) is 2. The molecule has 21 heavy (non-hydrogen) atoms. The molecule has 0 fully saturated rings. The number of benzene rings is 2. The minimum Gasteiger partial charge on any atom is -0.507 e. The van der Waals surface area contributed by atoms with Crippen LogP contribution >= 0.6 is 11.3 Å². The van der Waals surface area contributed by atoms with Gasteiger partial charge in [0.25, 0.3) is 0 Å². The van der Waals surface area contributed by atoms with Gasteiger partial charge in [0.1, 0.15) is 16.3 Å². The van der Waals surface area contributed by atoms with Gasteiger partial charge in [0.2, 0.25) is 0 Å². The number of para-hydroxylation sites is 1. The van der Waals surface area contributed by atoms with Crippen LogP contribution in [-0.4, -0.2) is 21.2 Å². The minimum absolute atomic E-state index is 0.110. The van der Waals surface area contributed by atoms with Crippen molar-refractivity contribution in [2.24, 2.45) is 0 Å². The molecule has 0 amide bonds. The normalized spacial score (nSPS) is 11.2. The van der Waals surface area contributed by atoms with Gasteiger partial charge in [-0.25, -0.2) is 9.78 Å². The number of aromatic carboxylic acids is 1. The summed E-state index contributed by atoms with van der Waals surface area (Å²) in [6.07, 6.45) is 3.62. The van der Waals surface area contributed by atoms with Crippen molar-refractivity contribution in [2.75, 3.05) is 0 Å². The van der Waals surface area contributed by atoms with Gasteiger partial charge < -0.3 is 10.2 Å². The van der Waals surface area contributed by atoms with Crippen LogP contribution in [0.15, 0.2) is 42.5 Å². The number of nitrogens with zero attached hydrogens (tertiary/aromatic N) is 1. The zero-order valence-electron chi connectivity index (χ0n) is 10.9. The summed E-state index contributed by atoms with van der Waals surface area (Å²) in [5, 5.41) is 19.3. The molecule has 0 saturated heterocycles. The van der Waals surface area contributed by atoms with E-state index in [1.807, 2.05) is 30.3 Å². The number of thiazole rings is 1. The Kier molecular flexibility index (Phi) is 3.41. The van der Waals surface area contributed by atoms with Gasteiger partial charge in [-0.05, 0) is 35.9 Å². The van der Waals surface area contributed by atoms with E-state index in [0.29, 0.717) is 5.56 Å². The number of aromatic hydroxyl groups is 1. The zero-order valence-corrected chi connectivity index (χ0v) is 11.7. The standard InChI is InChI=1S/C16H11NO3S/c18-13-7-5-10(9-11(13)16(19)20)6-8-15-17-12-3-1-2-4-14(12)21-15/h1-9,18H,(H,19,20). The van der Waals surface area contributed by atoms with E-state index in [2.05, 4.69) is 4.98 Å². The monoisotopic (exact) mass is 297 g/mol. The third kappa shape index (κ3) is 2.78. The summed E-state index contributed by atoms with van der Waals surface area (Å²) in [5.74, 6) is -1.39. The van der Waals surface area contributed by atoms with Crippen molar-refractivity contribution >= 4 is 39.7 Å². The molecule has 1 aromatic heterocycles. The van der Waals surface area contributed by atoms with Crippen molar-refractivity contribution in [1.29, 1.82) is 0 Å². The Labute approximate surface area is 124 Å². The van der Waals surface area contributed by atoms with Crippen molar-refractivity contribution in [1.82, 2.24) is 4.98 Å². The molecule has 3 rings (SSSR count). The fraction of sp³-hybridized carbons (Fsp3) is 0. The molecular weight excluding hydrogens is 286 g/mol.